The van der Waals surface area contributed by atoms with Gasteiger partial charge in [-0.3, -0.25) is 32.5 Å². The van der Waals surface area contributed by atoms with Gasteiger partial charge < -0.3 is 59.9 Å². The Morgan fingerprint density at radius 1 is 1.07 bits per heavy atom. The molecule has 0 saturated carbocycles. The van der Waals surface area contributed by atoms with Crippen molar-refractivity contribution >= 4 is 76.6 Å². The molecule has 3 rings (SSSR count). The van der Waals surface area contributed by atoms with Crippen molar-refractivity contribution in [1.29, 1.82) is 0 Å². The third kappa shape index (κ3) is 14.8. The van der Waals surface area contributed by atoms with Gasteiger partial charge in [-0.1, -0.05) is 13.8 Å². The van der Waals surface area contributed by atoms with Crippen LogP contribution in [0.15, 0.2) is 12.7 Å². The molecule has 1 saturated heterocycles. The molecule has 2 amide bonds. The number of rotatable bonds is 24. The van der Waals surface area contributed by atoms with Crippen molar-refractivity contribution in [2.75, 3.05) is 37.8 Å². The van der Waals surface area contributed by atoms with Crippen LogP contribution in [0.25, 0.3) is 11.2 Å². The lowest BCUT2D eigenvalue weighted by Gasteiger charge is -2.30. The minimum Gasteiger partial charge on any atom is -0.391 e. The molecule has 3 unspecified atom stereocenters. The average Bonchev–Trinajstić information content (AvgIpc) is 3.66. The second kappa shape index (κ2) is 20.6. The van der Waals surface area contributed by atoms with Gasteiger partial charge in [0.15, 0.2) is 17.7 Å². The van der Waals surface area contributed by atoms with Crippen molar-refractivity contribution in [2.24, 2.45) is 5.41 Å². The molecule has 7 atom stereocenters. The molecule has 2 aromatic heterocycles. The van der Waals surface area contributed by atoms with E-state index in [1.807, 2.05) is 0 Å². The number of aliphatic hydroxyl groups excluding tert-OH is 2. The fourth-order valence-corrected chi connectivity index (χ4v) is 7.96. The number of carbonyl (C=O) groups excluding carboxylic acids is 4. The van der Waals surface area contributed by atoms with Crippen molar-refractivity contribution in [3.8, 4) is 0 Å². The SMILES string of the molecule is CC(C)(COP(=O)(O)OP(=O)(O)OC[C@H]1O[C@@H](n2cnc3c(N)ncnc32)[C@H](O)[C@@H]1OP(=O)(O)O)C(O)C(=O)NCCC(=O)NCCSOC(=O)CCCC=O. The molecule has 316 valence electrons. The molecule has 0 bridgehead atoms. The number of aliphatic hydroxyl groups is 2. The summed E-state index contributed by atoms with van der Waals surface area (Å²) in [6.07, 6.45) is -5.65. The average molecular weight is 882 g/mol. The second-order valence-corrected chi connectivity index (χ2v) is 17.5. The summed E-state index contributed by atoms with van der Waals surface area (Å²) in [6.45, 7) is 0.318. The fraction of sp³-hybridized carbons (Fsp3) is 0.654. The molecule has 10 N–H and O–H groups in total. The summed E-state index contributed by atoms with van der Waals surface area (Å²) < 4.78 is 66.8. The van der Waals surface area contributed by atoms with Crippen molar-refractivity contribution < 1.29 is 89.5 Å². The summed E-state index contributed by atoms with van der Waals surface area (Å²) in [7, 11) is -16.4. The lowest BCUT2D eigenvalue weighted by molar-refractivity contribution is -0.137. The molecule has 30 heteroatoms. The maximum Gasteiger partial charge on any atom is 0.481 e. The van der Waals surface area contributed by atoms with E-state index in [0.29, 0.717) is 12.7 Å². The normalized spacial score (nSPS) is 21.5. The maximum absolute atomic E-state index is 12.7. The zero-order chi connectivity index (χ0) is 41.9. The number of imidazole rings is 1. The molecule has 3 heterocycles. The number of nitrogens with zero attached hydrogens (tertiary/aromatic N) is 4. The molecular formula is C26H42N7O19P3S. The maximum atomic E-state index is 12.7. The number of aromatic nitrogens is 4. The molecule has 0 aliphatic carbocycles. The molecule has 1 fully saturated rings. The number of ether oxygens (including phenoxy) is 1. The number of aldehydes is 1. The van der Waals surface area contributed by atoms with E-state index in [9.17, 15) is 62.7 Å². The molecule has 0 radical (unpaired) electrons. The highest BCUT2D eigenvalue weighted by Gasteiger charge is 2.50. The van der Waals surface area contributed by atoms with Crippen LogP contribution in [0.1, 0.15) is 45.8 Å². The van der Waals surface area contributed by atoms with Crippen LogP contribution < -0.4 is 16.4 Å². The van der Waals surface area contributed by atoms with Crippen molar-refractivity contribution in [3.63, 3.8) is 0 Å². The predicted octanol–water partition coefficient (Wildman–Crippen LogP) is -1.03. The molecule has 26 nitrogen and oxygen atoms in total. The van der Waals surface area contributed by atoms with E-state index in [2.05, 4.69) is 34.4 Å². The zero-order valence-corrected chi connectivity index (χ0v) is 33.1. The van der Waals surface area contributed by atoms with Crippen LogP contribution in [0.3, 0.4) is 0 Å². The number of hydrogen-bond acceptors (Lipinski definition) is 20. The first-order chi connectivity index (χ1) is 26.1. The number of fused-ring (bicyclic) bond motifs is 1. The van der Waals surface area contributed by atoms with E-state index >= 15 is 0 Å². The number of hydrogen-bond donors (Lipinski definition) is 9. The lowest BCUT2D eigenvalue weighted by Crippen LogP contribution is -2.46. The first-order valence-electron chi connectivity index (χ1n) is 16.2. The van der Waals surface area contributed by atoms with Crippen LogP contribution in [-0.2, 0) is 59.7 Å². The Morgan fingerprint density at radius 3 is 2.45 bits per heavy atom. The van der Waals surface area contributed by atoms with E-state index < -0.39 is 90.5 Å². The fourth-order valence-electron chi connectivity index (χ4n) is 4.65. The van der Waals surface area contributed by atoms with Crippen LogP contribution in [0.4, 0.5) is 5.82 Å². The Bertz CT molecular complexity index is 1830. The van der Waals surface area contributed by atoms with Crippen molar-refractivity contribution in [2.45, 2.75) is 70.2 Å². The van der Waals surface area contributed by atoms with E-state index in [1.54, 1.807) is 0 Å². The van der Waals surface area contributed by atoms with Gasteiger partial charge in [-0.25, -0.2) is 28.6 Å². The third-order valence-electron chi connectivity index (χ3n) is 7.44. The summed E-state index contributed by atoms with van der Waals surface area (Å²) in [4.78, 5) is 97.1. The topological polar surface area (TPSA) is 390 Å². The van der Waals surface area contributed by atoms with Gasteiger partial charge in [0.25, 0.3) is 0 Å². The number of amides is 2. The van der Waals surface area contributed by atoms with Gasteiger partial charge in [0.05, 0.1) is 31.6 Å². The first-order valence-corrected chi connectivity index (χ1v) is 21.6. The summed E-state index contributed by atoms with van der Waals surface area (Å²) >= 11 is 0.814. The molecule has 0 spiro atoms. The minimum atomic E-state index is -5.58. The Hall–Kier alpha value is -2.97. The summed E-state index contributed by atoms with van der Waals surface area (Å²) in [5.41, 5.74) is 4.22. The van der Waals surface area contributed by atoms with Crippen LogP contribution in [0.2, 0.25) is 0 Å². The number of carbonyl (C=O) groups is 4. The highest BCUT2D eigenvalue weighted by atomic mass is 32.2. The Balaban J connectivity index is 1.47. The van der Waals surface area contributed by atoms with Gasteiger partial charge in [-0.2, -0.15) is 4.31 Å². The number of nitrogens with two attached hydrogens (primary N) is 1. The Morgan fingerprint density at radius 2 is 1.77 bits per heavy atom. The van der Waals surface area contributed by atoms with Crippen LogP contribution in [0.5, 0.6) is 0 Å². The Kier molecular flexibility index (Phi) is 17.5. The lowest BCUT2D eigenvalue weighted by atomic mass is 9.87. The van der Waals surface area contributed by atoms with Gasteiger partial charge >= 0.3 is 29.4 Å². The molecule has 0 aromatic carbocycles. The number of phosphoric ester groups is 3. The predicted molar refractivity (Wildman–Crippen MR) is 188 cm³/mol. The van der Waals surface area contributed by atoms with E-state index in [1.165, 1.54) is 13.8 Å². The molecule has 1 aliphatic rings. The summed E-state index contributed by atoms with van der Waals surface area (Å²) in [5, 5.41) is 26.2. The molecule has 2 aromatic rings. The van der Waals surface area contributed by atoms with Crippen LogP contribution >= 0.6 is 35.5 Å². The van der Waals surface area contributed by atoms with E-state index in [-0.39, 0.29) is 55.1 Å². The second-order valence-electron chi connectivity index (χ2n) is 12.4. The number of nitrogen functional groups attached to an aromatic ring is 1. The minimum absolute atomic E-state index is 0.0233. The quantitative estimate of drug-likeness (QED) is 0.0263. The number of phosphoric acid groups is 3. The number of unbranched alkanes of at least 4 members (excludes halogenated alkanes) is 1. The molecular weight excluding hydrogens is 839 g/mol. The highest BCUT2D eigenvalue weighted by Crippen LogP contribution is 2.61. The van der Waals surface area contributed by atoms with Crippen molar-refractivity contribution in [1.82, 2.24) is 30.2 Å². The standard InChI is InChI=1S/C26H42N7O19P3S/c1-26(2,21(38)24(39)29-7-6-16(35)28-8-10-56-51-17(36)5-3-4-9-34)12-48-55(45,46)52-54(43,44)47-11-15-20(50-53(40,41)42)19(37)25(49-15)33-14-32-18-22(27)30-13-31-23(18)33/h9,13-15,19-21,25,37-38H,3-8,10-12H2,1-2H3,(H,28,35)(H,29,39)(H,43,44)(H,45,46)(H2,27,30,31)(H2,40,41,42)/t15-,19-,20-,21?,25-/m1/s1. The smallest absolute Gasteiger partial charge is 0.391 e. The largest absolute Gasteiger partial charge is 0.481 e. The first kappa shape index (κ1) is 47.4. The van der Waals surface area contributed by atoms with Gasteiger partial charge in [-0.05, 0) is 6.42 Å². The third-order valence-corrected chi connectivity index (χ3v) is 11.2. The Labute approximate surface area is 321 Å². The van der Waals surface area contributed by atoms with Gasteiger partial charge in [0, 0.05) is 43.5 Å². The zero-order valence-electron chi connectivity index (χ0n) is 29.6. The van der Waals surface area contributed by atoms with E-state index in [0.717, 1.165) is 29.3 Å². The van der Waals surface area contributed by atoms with Gasteiger partial charge in [0.2, 0.25) is 11.8 Å². The van der Waals surface area contributed by atoms with Gasteiger partial charge in [0.1, 0.15) is 42.5 Å². The molecule has 1 aliphatic heterocycles. The van der Waals surface area contributed by atoms with Crippen LogP contribution in [0, 0.1) is 5.41 Å². The summed E-state index contributed by atoms with van der Waals surface area (Å²) in [5.74, 6) is -1.81. The molecule has 56 heavy (non-hydrogen) atoms. The number of nitrogens with one attached hydrogen (secondary N) is 2. The van der Waals surface area contributed by atoms with Crippen LogP contribution in [-0.4, -0.2) is 130 Å². The van der Waals surface area contributed by atoms with Gasteiger partial charge in [-0.15, -0.1) is 0 Å². The van der Waals surface area contributed by atoms with Crippen molar-refractivity contribution in [3.05, 3.63) is 12.7 Å². The van der Waals surface area contributed by atoms with E-state index in [4.69, 9.17) is 23.7 Å². The highest BCUT2D eigenvalue weighted by molar-refractivity contribution is 7.95. The summed E-state index contributed by atoms with van der Waals surface area (Å²) in [6, 6.07) is 0. The number of anilines is 1. The monoisotopic (exact) mass is 881 g/mol.